The molecule has 0 spiro atoms. The highest BCUT2D eigenvalue weighted by Gasteiger charge is 2.33. The van der Waals surface area contributed by atoms with E-state index in [0.717, 1.165) is 11.6 Å². The average Bonchev–Trinajstić information content (AvgIpc) is 2.52. The molecule has 0 amide bonds. The Kier molecular flexibility index (Phi) is 3.95. The summed E-state index contributed by atoms with van der Waals surface area (Å²) in [5.41, 5.74) is 1.36. The first-order valence-electron chi connectivity index (χ1n) is 7.57. The molecule has 0 saturated carbocycles. The number of pyridine rings is 1. The molecule has 0 radical (unpaired) electrons. The predicted molar refractivity (Wildman–Crippen MR) is 87.9 cm³/mol. The van der Waals surface area contributed by atoms with E-state index < -0.39 is 11.7 Å². The van der Waals surface area contributed by atoms with Gasteiger partial charge < -0.3 is 5.11 Å². The van der Waals surface area contributed by atoms with E-state index in [2.05, 4.69) is 4.98 Å². The van der Waals surface area contributed by atoms with E-state index >= 15 is 0 Å². The molecular weight excluding hydrogens is 315 g/mol. The Morgan fingerprint density at radius 3 is 2.38 bits per heavy atom. The number of rotatable bonds is 2. The number of aromatic nitrogens is 1. The number of hydrogen-bond acceptors (Lipinski definition) is 2. The van der Waals surface area contributed by atoms with Gasteiger partial charge in [0.2, 0.25) is 0 Å². The van der Waals surface area contributed by atoms with Crippen molar-refractivity contribution in [3.8, 4) is 16.9 Å². The quantitative estimate of drug-likeness (QED) is 0.648. The Morgan fingerprint density at radius 1 is 1.04 bits per heavy atom. The van der Waals surface area contributed by atoms with E-state index in [-0.39, 0.29) is 17.2 Å². The smallest absolute Gasteiger partial charge is 0.418 e. The molecule has 1 N–H and O–H groups in total. The lowest BCUT2D eigenvalue weighted by atomic mass is 9.90. The summed E-state index contributed by atoms with van der Waals surface area (Å²) >= 11 is 0. The minimum atomic E-state index is -4.47. The maximum absolute atomic E-state index is 13.3. The van der Waals surface area contributed by atoms with Gasteiger partial charge in [0.15, 0.2) is 0 Å². The molecule has 1 aromatic heterocycles. The van der Waals surface area contributed by atoms with Crippen LogP contribution in [-0.4, -0.2) is 10.1 Å². The van der Waals surface area contributed by atoms with Crippen molar-refractivity contribution in [1.29, 1.82) is 0 Å². The molecule has 0 aliphatic rings. The summed E-state index contributed by atoms with van der Waals surface area (Å²) in [6.45, 7) is 3.92. The zero-order valence-electron chi connectivity index (χ0n) is 13.2. The highest BCUT2D eigenvalue weighted by Crippen LogP contribution is 2.40. The lowest BCUT2D eigenvalue weighted by Crippen LogP contribution is -2.07. The Bertz CT molecular complexity index is 901. The van der Waals surface area contributed by atoms with Crippen molar-refractivity contribution in [2.24, 2.45) is 0 Å². The van der Waals surface area contributed by atoms with Gasteiger partial charge in [0.1, 0.15) is 5.75 Å². The van der Waals surface area contributed by atoms with Crippen molar-refractivity contribution in [3.05, 3.63) is 59.8 Å². The minimum Gasteiger partial charge on any atom is -0.508 e. The molecule has 3 rings (SSSR count). The number of para-hydroxylation sites is 1. The van der Waals surface area contributed by atoms with Gasteiger partial charge in [0.25, 0.3) is 0 Å². The molecule has 0 atom stereocenters. The van der Waals surface area contributed by atoms with Crippen LogP contribution in [0.5, 0.6) is 5.75 Å². The molecule has 0 aliphatic heterocycles. The molecule has 0 unspecified atom stereocenters. The summed E-state index contributed by atoms with van der Waals surface area (Å²) in [4.78, 5) is 4.09. The van der Waals surface area contributed by atoms with Crippen molar-refractivity contribution in [2.45, 2.75) is 25.9 Å². The van der Waals surface area contributed by atoms with Crippen LogP contribution in [0.4, 0.5) is 13.2 Å². The highest BCUT2D eigenvalue weighted by atomic mass is 19.4. The van der Waals surface area contributed by atoms with Crippen molar-refractivity contribution in [1.82, 2.24) is 4.98 Å². The SMILES string of the molecule is CC(C)c1cnc2c(C(F)(F)F)cccc2c1-c1cccc(O)c1. The standard InChI is InChI=1S/C19H16F3NO/c1-11(2)15-10-23-18-14(7-4-8-16(18)19(20,21)22)17(15)12-5-3-6-13(24)9-12/h3-11,24H,1-2H3. The van der Waals surface area contributed by atoms with Crippen LogP contribution < -0.4 is 0 Å². The summed E-state index contributed by atoms with van der Waals surface area (Å²) in [5, 5.41) is 10.2. The van der Waals surface area contributed by atoms with E-state index in [1.807, 2.05) is 13.8 Å². The largest absolute Gasteiger partial charge is 0.508 e. The highest BCUT2D eigenvalue weighted by molar-refractivity contribution is 5.98. The molecule has 3 aromatic rings. The summed E-state index contributed by atoms with van der Waals surface area (Å²) < 4.78 is 39.9. The predicted octanol–water partition coefficient (Wildman–Crippen LogP) is 5.75. The van der Waals surface area contributed by atoms with Gasteiger partial charge in [-0.05, 0) is 40.8 Å². The third kappa shape index (κ3) is 2.82. The lowest BCUT2D eigenvalue weighted by Gasteiger charge is -2.18. The first kappa shape index (κ1) is 16.3. The van der Waals surface area contributed by atoms with Crippen LogP contribution >= 0.6 is 0 Å². The van der Waals surface area contributed by atoms with Gasteiger partial charge in [-0.3, -0.25) is 4.98 Å². The van der Waals surface area contributed by atoms with E-state index in [0.29, 0.717) is 16.5 Å². The maximum Gasteiger partial charge on any atom is 0.418 e. The second kappa shape index (κ2) is 5.82. The molecule has 24 heavy (non-hydrogen) atoms. The Balaban J connectivity index is 2.42. The molecular formula is C19H16F3NO. The van der Waals surface area contributed by atoms with Crippen LogP contribution in [-0.2, 0) is 6.18 Å². The van der Waals surface area contributed by atoms with Crippen molar-refractivity contribution in [2.75, 3.05) is 0 Å². The monoisotopic (exact) mass is 331 g/mol. The van der Waals surface area contributed by atoms with Crippen molar-refractivity contribution < 1.29 is 18.3 Å². The summed E-state index contributed by atoms with van der Waals surface area (Å²) in [7, 11) is 0. The molecule has 5 heteroatoms. The van der Waals surface area contributed by atoms with Crippen LogP contribution in [0.3, 0.4) is 0 Å². The van der Waals surface area contributed by atoms with E-state index in [4.69, 9.17) is 0 Å². The van der Waals surface area contributed by atoms with E-state index in [9.17, 15) is 18.3 Å². The fraction of sp³-hybridized carbons (Fsp3) is 0.211. The lowest BCUT2D eigenvalue weighted by molar-refractivity contribution is -0.136. The Hall–Kier alpha value is -2.56. The number of alkyl halides is 3. The third-order valence-electron chi connectivity index (χ3n) is 3.99. The zero-order chi connectivity index (χ0) is 17.5. The summed E-state index contributed by atoms with van der Waals surface area (Å²) in [6, 6.07) is 10.6. The zero-order valence-corrected chi connectivity index (χ0v) is 13.2. The Labute approximate surface area is 137 Å². The number of hydrogen-bond donors (Lipinski definition) is 1. The number of halogens is 3. The van der Waals surface area contributed by atoms with Gasteiger partial charge in [-0.15, -0.1) is 0 Å². The average molecular weight is 331 g/mol. The molecule has 0 aliphatic carbocycles. The van der Waals surface area contributed by atoms with E-state index in [1.165, 1.54) is 18.3 Å². The van der Waals surface area contributed by atoms with Gasteiger partial charge in [-0.25, -0.2) is 0 Å². The minimum absolute atomic E-state index is 0.0687. The number of nitrogens with zero attached hydrogens (tertiary/aromatic N) is 1. The summed E-state index contributed by atoms with van der Waals surface area (Å²) in [5.74, 6) is 0.146. The fourth-order valence-corrected chi connectivity index (χ4v) is 2.89. The van der Waals surface area contributed by atoms with Gasteiger partial charge in [0.05, 0.1) is 11.1 Å². The number of aromatic hydroxyl groups is 1. The van der Waals surface area contributed by atoms with E-state index in [1.54, 1.807) is 24.3 Å². The second-order valence-electron chi connectivity index (χ2n) is 5.99. The van der Waals surface area contributed by atoms with Gasteiger partial charge in [-0.1, -0.05) is 38.1 Å². The molecule has 0 bridgehead atoms. The molecule has 124 valence electrons. The number of phenolic OH excluding ortho intramolecular Hbond substituents is 1. The summed E-state index contributed by atoms with van der Waals surface area (Å²) in [6.07, 6.45) is -2.97. The first-order chi connectivity index (χ1) is 11.3. The van der Waals surface area contributed by atoms with Gasteiger partial charge in [0, 0.05) is 11.6 Å². The normalized spacial score (nSPS) is 12.1. The molecule has 0 fully saturated rings. The first-order valence-corrected chi connectivity index (χ1v) is 7.57. The number of benzene rings is 2. The molecule has 2 nitrogen and oxygen atoms in total. The fourth-order valence-electron chi connectivity index (χ4n) is 2.89. The van der Waals surface area contributed by atoms with Crippen LogP contribution in [0.2, 0.25) is 0 Å². The van der Waals surface area contributed by atoms with Crippen LogP contribution in [0.25, 0.3) is 22.0 Å². The Morgan fingerprint density at radius 2 is 1.75 bits per heavy atom. The van der Waals surface area contributed by atoms with Gasteiger partial charge in [-0.2, -0.15) is 13.2 Å². The maximum atomic E-state index is 13.3. The van der Waals surface area contributed by atoms with Crippen LogP contribution in [0, 0.1) is 0 Å². The van der Waals surface area contributed by atoms with Crippen molar-refractivity contribution >= 4 is 10.9 Å². The van der Waals surface area contributed by atoms with Gasteiger partial charge >= 0.3 is 6.18 Å². The molecule has 2 aromatic carbocycles. The molecule has 1 heterocycles. The number of fused-ring (bicyclic) bond motifs is 1. The van der Waals surface area contributed by atoms with Crippen LogP contribution in [0.15, 0.2) is 48.7 Å². The molecule has 0 saturated heterocycles. The number of phenols is 1. The third-order valence-corrected chi connectivity index (χ3v) is 3.99. The van der Waals surface area contributed by atoms with Crippen molar-refractivity contribution in [3.63, 3.8) is 0 Å². The topological polar surface area (TPSA) is 33.1 Å². The van der Waals surface area contributed by atoms with Crippen LogP contribution in [0.1, 0.15) is 30.9 Å². The second-order valence-corrected chi connectivity index (χ2v) is 5.99.